The summed E-state index contributed by atoms with van der Waals surface area (Å²) in [5.41, 5.74) is 0. The third-order valence-electron chi connectivity index (χ3n) is 2.12. The van der Waals surface area contributed by atoms with Crippen molar-refractivity contribution in [3.05, 3.63) is 29.8 Å². The first kappa shape index (κ1) is 13.9. The van der Waals surface area contributed by atoms with Crippen molar-refractivity contribution in [1.82, 2.24) is 10.2 Å². The molecule has 0 aromatic heterocycles. The Morgan fingerprint density at radius 3 is 2.35 bits per heavy atom. The van der Waals surface area contributed by atoms with Gasteiger partial charge in [-0.25, -0.2) is 8.78 Å². The number of likely N-dealkylation sites (N-methyl/N-ethyl adjacent to an activating group) is 1. The molecule has 1 rings (SSSR count). The van der Waals surface area contributed by atoms with Crippen LogP contribution in [-0.4, -0.2) is 45.2 Å². The van der Waals surface area contributed by atoms with Gasteiger partial charge in [-0.2, -0.15) is 0 Å². The van der Waals surface area contributed by atoms with Crippen LogP contribution in [0.2, 0.25) is 0 Å². The van der Waals surface area contributed by atoms with Crippen molar-refractivity contribution in [2.45, 2.75) is 0 Å². The molecular weight excluding hydrogens is 226 g/mol. The first-order valence-electron chi connectivity index (χ1n) is 5.52. The molecule has 0 aliphatic carbocycles. The Balaban J connectivity index is 2.18. The second-order valence-electron chi connectivity index (χ2n) is 4.01. The Morgan fingerprint density at radius 2 is 1.76 bits per heavy atom. The summed E-state index contributed by atoms with van der Waals surface area (Å²) < 4.78 is 30.8. The van der Waals surface area contributed by atoms with Gasteiger partial charge in [-0.3, -0.25) is 0 Å². The monoisotopic (exact) mass is 244 g/mol. The van der Waals surface area contributed by atoms with E-state index < -0.39 is 11.6 Å². The van der Waals surface area contributed by atoms with Crippen LogP contribution >= 0.6 is 0 Å². The average Bonchev–Trinajstić information content (AvgIpc) is 2.21. The maximum atomic E-state index is 12.8. The average molecular weight is 244 g/mol. The van der Waals surface area contributed by atoms with Crippen LogP contribution in [0.4, 0.5) is 8.78 Å². The van der Waals surface area contributed by atoms with Gasteiger partial charge in [-0.15, -0.1) is 0 Å². The summed E-state index contributed by atoms with van der Waals surface area (Å²) >= 11 is 0. The second-order valence-corrected chi connectivity index (χ2v) is 4.01. The van der Waals surface area contributed by atoms with E-state index in [4.69, 9.17) is 4.74 Å². The van der Waals surface area contributed by atoms with Crippen LogP contribution in [0.5, 0.6) is 5.75 Å². The molecule has 1 aromatic rings. The van der Waals surface area contributed by atoms with E-state index in [-0.39, 0.29) is 5.75 Å². The molecule has 0 spiro atoms. The van der Waals surface area contributed by atoms with E-state index in [1.165, 1.54) is 12.1 Å². The van der Waals surface area contributed by atoms with Crippen molar-refractivity contribution in [3.63, 3.8) is 0 Å². The Morgan fingerprint density at radius 1 is 1.12 bits per heavy atom. The van der Waals surface area contributed by atoms with Crippen LogP contribution in [0.1, 0.15) is 0 Å². The number of hydrogen-bond donors (Lipinski definition) is 1. The summed E-state index contributed by atoms with van der Waals surface area (Å²) in [5, 5.41) is 3.16. The van der Waals surface area contributed by atoms with Crippen LogP contribution < -0.4 is 10.1 Å². The van der Waals surface area contributed by atoms with Crippen molar-refractivity contribution in [3.8, 4) is 5.75 Å². The highest BCUT2D eigenvalue weighted by atomic mass is 19.1. The highest BCUT2D eigenvalue weighted by Gasteiger charge is 2.00. The van der Waals surface area contributed by atoms with Crippen LogP contribution in [0.25, 0.3) is 0 Å². The fourth-order valence-corrected chi connectivity index (χ4v) is 1.28. The molecule has 3 nitrogen and oxygen atoms in total. The molecule has 0 aliphatic rings. The molecule has 1 aromatic carbocycles. The number of nitrogens with one attached hydrogen (secondary N) is 1. The molecule has 0 unspecified atom stereocenters. The van der Waals surface area contributed by atoms with Gasteiger partial charge in [0.25, 0.3) is 0 Å². The summed E-state index contributed by atoms with van der Waals surface area (Å²) in [6.45, 7) is 2.82. The molecule has 0 radical (unpaired) electrons. The molecule has 0 heterocycles. The summed E-state index contributed by atoms with van der Waals surface area (Å²) in [6, 6.07) is 3.16. The van der Waals surface area contributed by atoms with Crippen molar-refractivity contribution in [2.75, 3.05) is 40.3 Å². The van der Waals surface area contributed by atoms with Gasteiger partial charge in [0.2, 0.25) is 0 Å². The summed E-state index contributed by atoms with van der Waals surface area (Å²) in [5.74, 6) is -1.03. The third kappa shape index (κ3) is 6.19. The van der Waals surface area contributed by atoms with Crippen LogP contribution in [0, 0.1) is 11.6 Å². The number of nitrogens with zero attached hydrogens (tertiary/aromatic N) is 1. The second kappa shape index (κ2) is 7.19. The standard InChI is InChI=1S/C12H18F2N2O/c1-16(2)5-3-15-4-6-17-12-8-10(13)7-11(14)9-12/h7-9,15H,3-6H2,1-2H3. The number of ether oxygens (including phenoxy) is 1. The van der Waals surface area contributed by atoms with Gasteiger partial charge in [0.15, 0.2) is 0 Å². The summed E-state index contributed by atoms with van der Waals surface area (Å²) in [6.07, 6.45) is 0. The van der Waals surface area contributed by atoms with E-state index in [1.807, 2.05) is 14.1 Å². The van der Waals surface area contributed by atoms with Gasteiger partial charge >= 0.3 is 0 Å². The molecule has 1 N–H and O–H groups in total. The number of benzene rings is 1. The van der Waals surface area contributed by atoms with Crippen molar-refractivity contribution in [2.24, 2.45) is 0 Å². The molecule has 0 bridgehead atoms. The highest BCUT2D eigenvalue weighted by Crippen LogP contribution is 2.14. The largest absolute Gasteiger partial charge is 0.492 e. The molecule has 17 heavy (non-hydrogen) atoms. The van der Waals surface area contributed by atoms with E-state index in [1.54, 1.807) is 0 Å². The van der Waals surface area contributed by atoms with Crippen molar-refractivity contribution < 1.29 is 13.5 Å². The topological polar surface area (TPSA) is 24.5 Å². The number of halogens is 2. The van der Waals surface area contributed by atoms with Gasteiger partial charge in [0.1, 0.15) is 24.0 Å². The lowest BCUT2D eigenvalue weighted by atomic mass is 10.3. The van der Waals surface area contributed by atoms with Crippen molar-refractivity contribution in [1.29, 1.82) is 0 Å². The van der Waals surface area contributed by atoms with Crippen molar-refractivity contribution >= 4 is 0 Å². The maximum Gasteiger partial charge on any atom is 0.129 e. The van der Waals surface area contributed by atoms with Gasteiger partial charge in [0.05, 0.1) is 0 Å². The molecule has 0 amide bonds. The summed E-state index contributed by atoms with van der Waals surface area (Å²) in [4.78, 5) is 2.07. The first-order chi connectivity index (χ1) is 8.08. The van der Waals surface area contributed by atoms with E-state index in [0.29, 0.717) is 13.2 Å². The van der Waals surface area contributed by atoms with Gasteiger partial charge in [-0.1, -0.05) is 0 Å². The lowest BCUT2D eigenvalue weighted by Crippen LogP contribution is -2.29. The van der Waals surface area contributed by atoms with E-state index in [2.05, 4.69) is 10.2 Å². The van der Waals surface area contributed by atoms with Crippen LogP contribution in [-0.2, 0) is 0 Å². The van der Waals surface area contributed by atoms with E-state index in [0.717, 1.165) is 19.2 Å². The van der Waals surface area contributed by atoms with Gasteiger partial charge < -0.3 is 15.0 Å². The molecule has 0 saturated carbocycles. The molecule has 0 aliphatic heterocycles. The minimum atomic E-state index is -0.624. The Hall–Kier alpha value is -1.20. The minimum Gasteiger partial charge on any atom is -0.492 e. The molecular formula is C12H18F2N2O. The Labute approximate surface area is 100 Å². The lowest BCUT2D eigenvalue weighted by molar-refractivity contribution is 0.305. The minimum absolute atomic E-state index is 0.219. The number of hydrogen-bond acceptors (Lipinski definition) is 3. The van der Waals surface area contributed by atoms with E-state index in [9.17, 15) is 8.78 Å². The van der Waals surface area contributed by atoms with Gasteiger partial charge in [-0.05, 0) is 14.1 Å². The highest BCUT2D eigenvalue weighted by molar-refractivity contribution is 5.23. The Bertz CT molecular complexity index is 325. The predicted molar refractivity (Wildman–Crippen MR) is 63.3 cm³/mol. The third-order valence-corrected chi connectivity index (χ3v) is 2.12. The predicted octanol–water partition coefficient (Wildman–Crippen LogP) is 1.49. The molecule has 0 atom stereocenters. The smallest absolute Gasteiger partial charge is 0.129 e. The quantitative estimate of drug-likeness (QED) is 0.736. The zero-order valence-electron chi connectivity index (χ0n) is 10.2. The normalized spacial score (nSPS) is 10.9. The first-order valence-corrected chi connectivity index (χ1v) is 5.52. The Kier molecular flexibility index (Phi) is 5.86. The zero-order chi connectivity index (χ0) is 12.7. The lowest BCUT2D eigenvalue weighted by Gasteiger charge is -2.11. The zero-order valence-corrected chi connectivity index (χ0v) is 10.2. The van der Waals surface area contributed by atoms with Gasteiger partial charge in [0, 0.05) is 37.8 Å². The van der Waals surface area contributed by atoms with Crippen LogP contribution in [0.3, 0.4) is 0 Å². The molecule has 0 fully saturated rings. The fourth-order valence-electron chi connectivity index (χ4n) is 1.28. The molecule has 5 heteroatoms. The molecule has 96 valence electrons. The summed E-state index contributed by atoms with van der Waals surface area (Å²) in [7, 11) is 3.99. The van der Waals surface area contributed by atoms with E-state index >= 15 is 0 Å². The fraction of sp³-hybridized carbons (Fsp3) is 0.500. The van der Waals surface area contributed by atoms with Crippen LogP contribution in [0.15, 0.2) is 18.2 Å². The number of rotatable bonds is 7. The SMILES string of the molecule is CN(C)CCNCCOc1cc(F)cc(F)c1. The maximum absolute atomic E-state index is 12.8. The molecule has 0 saturated heterocycles.